The first-order valence-corrected chi connectivity index (χ1v) is 7.17. The Labute approximate surface area is 141 Å². The Morgan fingerprint density at radius 2 is 2.25 bits per heavy atom. The van der Waals surface area contributed by atoms with Gasteiger partial charge < -0.3 is 29.6 Å². The van der Waals surface area contributed by atoms with E-state index in [0.29, 0.717) is 5.82 Å². The fraction of sp³-hybridized carbons (Fsp3) is 0.286. The van der Waals surface area contributed by atoms with Gasteiger partial charge in [-0.3, -0.25) is 0 Å². The molecule has 0 aliphatic heterocycles. The summed E-state index contributed by atoms with van der Waals surface area (Å²) in [5, 5.41) is 30.0. The summed E-state index contributed by atoms with van der Waals surface area (Å²) in [7, 11) is 0. The maximum absolute atomic E-state index is 11.1. The molecule has 1 aromatic heterocycles. The van der Waals surface area contributed by atoms with Crippen molar-refractivity contribution >= 4 is 23.4 Å². The van der Waals surface area contributed by atoms with Crippen molar-refractivity contribution in [2.45, 2.75) is 19.6 Å². The van der Waals surface area contributed by atoms with Gasteiger partial charge in [-0.25, -0.2) is 4.79 Å². The van der Waals surface area contributed by atoms with Crippen molar-refractivity contribution in [3.8, 4) is 5.75 Å². The van der Waals surface area contributed by atoms with E-state index < -0.39 is 17.0 Å². The van der Waals surface area contributed by atoms with Gasteiger partial charge >= 0.3 is 11.8 Å². The summed E-state index contributed by atoms with van der Waals surface area (Å²) in [5.41, 5.74) is -0.121. The van der Waals surface area contributed by atoms with E-state index in [4.69, 9.17) is 21.4 Å². The van der Waals surface area contributed by atoms with E-state index in [1.54, 1.807) is 6.92 Å². The second-order valence-corrected chi connectivity index (χ2v) is 5.40. The summed E-state index contributed by atoms with van der Waals surface area (Å²) < 4.78 is 6.75. The Balaban J connectivity index is 2.02. The van der Waals surface area contributed by atoms with E-state index >= 15 is 0 Å². The number of hydrogen-bond donors (Lipinski definition) is 2. The number of aliphatic hydroxyl groups excluding tert-OH is 1. The zero-order valence-electron chi connectivity index (χ0n) is 12.5. The van der Waals surface area contributed by atoms with E-state index in [9.17, 15) is 20.0 Å². The maximum atomic E-state index is 11.1. The number of imidazole rings is 1. The highest BCUT2D eigenvalue weighted by atomic mass is 35.5. The molecule has 2 aromatic rings. The third-order valence-electron chi connectivity index (χ3n) is 3.16. The third kappa shape index (κ3) is 4.21. The van der Waals surface area contributed by atoms with Crippen LogP contribution in [0.3, 0.4) is 0 Å². The van der Waals surface area contributed by atoms with E-state index in [-0.39, 0.29) is 35.3 Å². The number of benzene rings is 1. The standard InChI is InChI=1S/C14H14ClN3O6/c1-8-16-13(18(22)23)6-17(8)5-10(19)7-24-12-3-2-9(15)4-11(12)14(20)21/h2-4,6,10,19H,5,7H2,1H3,(H,20,21). The lowest BCUT2D eigenvalue weighted by atomic mass is 10.2. The lowest BCUT2D eigenvalue weighted by Gasteiger charge is -2.14. The van der Waals surface area contributed by atoms with Crippen LogP contribution in [0.4, 0.5) is 5.82 Å². The Kier molecular flexibility index (Phi) is 5.37. The molecule has 1 unspecified atom stereocenters. The van der Waals surface area contributed by atoms with Crippen LogP contribution in [0.15, 0.2) is 24.4 Å². The average molecular weight is 356 g/mol. The van der Waals surface area contributed by atoms with Crippen molar-refractivity contribution in [2.75, 3.05) is 6.61 Å². The van der Waals surface area contributed by atoms with E-state index in [0.717, 1.165) is 0 Å². The molecule has 0 saturated heterocycles. The molecule has 24 heavy (non-hydrogen) atoms. The van der Waals surface area contributed by atoms with Gasteiger partial charge in [0.15, 0.2) is 0 Å². The van der Waals surface area contributed by atoms with Gasteiger partial charge in [-0.2, -0.15) is 0 Å². The van der Waals surface area contributed by atoms with Crippen LogP contribution in [0.25, 0.3) is 0 Å². The molecule has 128 valence electrons. The molecule has 1 heterocycles. The maximum Gasteiger partial charge on any atom is 0.381 e. The minimum Gasteiger partial charge on any atom is -0.490 e. The lowest BCUT2D eigenvalue weighted by molar-refractivity contribution is -0.389. The molecular formula is C14H14ClN3O6. The Hall–Kier alpha value is -2.65. The summed E-state index contributed by atoms with van der Waals surface area (Å²) in [5.74, 6) is -1.08. The van der Waals surface area contributed by atoms with Crippen LogP contribution in [-0.2, 0) is 6.54 Å². The molecule has 2 rings (SSSR count). The van der Waals surface area contributed by atoms with Gasteiger partial charge in [-0.15, -0.1) is 0 Å². The number of aliphatic hydroxyl groups is 1. The number of carbonyl (C=O) groups is 1. The van der Waals surface area contributed by atoms with Crippen LogP contribution in [0.5, 0.6) is 5.75 Å². The zero-order valence-corrected chi connectivity index (χ0v) is 13.3. The third-order valence-corrected chi connectivity index (χ3v) is 3.40. The number of aromatic nitrogens is 2. The molecular weight excluding hydrogens is 342 g/mol. The molecule has 0 fully saturated rings. The van der Waals surface area contributed by atoms with Gasteiger partial charge in [0.05, 0.1) is 6.54 Å². The number of halogens is 1. The number of hydrogen-bond acceptors (Lipinski definition) is 6. The van der Waals surface area contributed by atoms with Crippen molar-refractivity contribution in [1.82, 2.24) is 9.55 Å². The second kappa shape index (κ2) is 7.28. The molecule has 0 aliphatic rings. The largest absolute Gasteiger partial charge is 0.490 e. The Bertz CT molecular complexity index is 776. The molecule has 0 saturated carbocycles. The molecule has 0 bridgehead atoms. The summed E-state index contributed by atoms with van der Waals surface area (Å²) in [6, 6.07) is 4.11. The highest BCUT2D eigenvalue weighted by Gasteiger charge is 2.18. The molecule has 10 heteroatoms. The van der Waals surface area contributed by atoms with Gasteiger partial charge in [0, 0.05) is 11.9 Å². The predicted molar refractivity (Wildman–Crippen MR) is 83.5 cm³/mol. The Morgan fingerprint density at radius 3 is 2.83 bits per heavy atom. The monoisotopic (exact) mass is 355 g/mol. The van der Waals surface area contributed by atoms with Gasteiger partial charge in [0.2, 0.25) is 5.82 Å². The van der Waals surface area contributed by atoms with Gasteiger partial charge in [0.1, 0.15) is 30.2 Å². The number of ether oxygens (including phenoxy) is 1. The van der Waals surface area contributed by atoms with Crippen LogP contribution in [0.2, 0.25) is 5.02 Å². The molecule has 0 radical (unpaired) electrons. The number of aromatic carboxylic acids is 1. The van der Waals surface area contributed by atoms with Crippen molar-refractivity contribution in [1.29, 1.82) is 0 Å². The number of nitrogens with zero attached hydrogens (tertiary/aromatic N) is 3. The van der Waals surface area contributed by atoms with Gasteiger partial charge in [-0.05, 0) is 28.1 Å². The topological polar surface area (TPSA) is 128 Å². The summed E-state index contributed by atoms with van der Waals surface area (Å²) in [6.07, 6.45) is 0.193. The molecule has 2 N–H and O–H groups in total. The smallest absolute Gasteiger partial charge is 0.381 e. The first-order valence-electron chi connectivity index (χ1n) is 6.79. The summed E-state index contributed by atoms with van der Waals surface area (Å²) >= 11 is 5.74. The summed E-state index contributed by atoms with van der Waals surface area (Å²) in [4.78, 5) is 24.9. The molecule has 0 aliphatic carbocycles. The molecule has 0 amide bonds. The average Bonchev–Trinajstić information content (AvgIpc) is 2.87. The van der Waals surface area contributed by atoms with Crippen LogP contribution < -0.4 is 4.74 Å². The first-order chi connectivity index (χ1) is 11.3. The van der Waals surface area contributed by atoms with Gasteiger partial charge in [-0.1, -0.05) is 11.6 Å². The van der Waals surface area contributed by atoms with E-state index in [1.807, 2.05) is 0 Å². The highest BCUT2D eigenvalue weighted by Crippen LogP contribution is 2.23. The van der Waals surface area contributed by atoms with Crippen molar-refractivity contribution < 1.29 is 24.7 Å². The molecule has 0 spiro atoms. The van der Waals surface area contributed by atoms with Crippen LogP contribution in [0.1, 0.15) is 16.2 Å². The number of carboxylic acids is 1. The molecule has 1 aromatic carbocycles. The molecule has 1 atom stereocenters. The number of nitro groups is 1. The fourth-order valence-electron chi connectivity index (χ4n) is 2.03. The van der Waals surface area contributed by atoms with Crippen molar-refractivity contribution in [3.63, 3.8) is 0 Å². The highest BCUT2D eigenvalue weighted by molar-refractivity contribution is 6.31. The fourth-order valence-corrected chi connectivity index (χ4v) is 2.20. The van der Waals surface area contributed by atoms with Gasteiger partial charge in [0.25, 0.3) is 0 Å². The van der Waals surface area contributed by atoms with Crippen molar-refractivity contribution in [3.05, 3.63) is 50.9 Å². The number of aryl methyl sites for hydroxylation is 1. The Morgan fingerprint density at radius 1 is 1.54 bits per heavy atom. The van der Waals surface area contributed by atoms with Crippen molar-refractivity contribution in [2.24, 2.45) is 0 Å². The first kappa shape index (κ1) is 17.7. The number of carboxylic acid groups (broad SMARTS) is 1. The molecule has 9 nitrogen and oxygen atoms in total. The van der Waals surface area contributed by atoms with Crippen LogP contribution >= 0.6 is 11.6 Å². The predicted octanol–water partition coefficient (Wildman–Crippen LogP) is 1.89. The minimum atomic E-state index is -1.21. The second-order valence-electron chi connectivity index (χ2n) is 4.97. The van der Waals surface area contributed by atoms with Crippen LogP contribution in [0, 0.1) is 17.0 Å². The van der Waals surface area contributed by atoms with E-state index in [2.05, 4.69) is 4.98 Å². The quantitative estimate of drug-likeness (QED) is 0.573. The SMILES string of the molecule is Cc1nc([N+](=O)[O-])cn1CC(O)COc1ccc(Cl)cc1C(=O)O. The zero-order chi connectivity index (χ0) is 17.9. The van der Waals surface area contributed by atoms with Crippen LogP contribution in [-0.4, -0.2) is 43.4 Å². The number of rotatable bonds is 7. The van der Waals surface area contributed by atoms with E-state index in [1.165, 1.54) is 29.0 Å². The summed E-state index contributed by atoms with van der Waals surface area (Å²) in [6.45, 7) is 1.39. The lowest BCUT2D eigenvalue weighted by Crippen LogP contribution is -2.24. The minimum absolute atomic E-state index is 0.0165. The normalized spacial score (nSPS) is 12.0.